The third-order valence-electron chi connectivity index (χ3n) is 1.93. The minimum absolute atomic E-state index is 0.179. The number of nitrogens with zero attached hydrogens (tertiary/aromatic N) is 2. The Labute approximate surface area is 125 Å². The van der Waals surface area contributed by atoms with E-state index in [9.17, 15) is 5.21 Å². The molecule has 0 spiro atoms. The van der Waals surface area contributed by atoms with Crippen LogP contribution in [0.1, 0.15) is 19.4 Å². The van der Waals surface area contributed by atoms with Crippen molar-refractivity contribution >= 4 is 53.5 Å². The summed E-state index contributed by atoms with van der Waals surface area (Å²) in [5.74, 6) is 0. The van der Waals surface area contributed by atoms with E-state index >= 15 is 0 Å². The predicted molar refractivity (Wildman–Crippen MR) is 79.7 cm³/mol. The van der Waals surface area contributed by atoms with Crippen LogP contribution in [-0.4, -0.2) is 10.9 Å². The number of halogens is 3. The summed E-state index contributed by atoms with van der Waals surface area (Å²) in [5, 5.41) is 14.9. The number of nitrogens with one attached hydrogen (secondary N) is 1. The SMILES string of the molecule is CC(C)/[N+]([O-])=N/Nc1ccc(C(Br)(Br)Br)cc1. The molecule has 7 heteroatoms. The summed E-state index contributed by atoms with van der Waals surface area (Å²) >= 11 is 10.3. The zero-order valence-electron chi connectivity index (χ0n) is 9.32. The highest BCUT2D eigenvalue weighted by Crippen LogP contribution is 2.44. The van der Waals surface area contributed by atoms with Gasteiger partial charge in [0.1, 0.15) is 11.7 Å². The lowest BCUT2D eigenvalue weighted by molar-refractivity contribution is -0.559. The van der Waals surface area contributed by atoms with Crippen LogP contribution in [0.15, 0.2) is 29.5 Å². The Kier molecular flexibility index (Phi) is 5.40. The van der Waals surface area contributed by atoms with E-state index in [0.717, 1.165) is 11.3 Å². The molecule has 1 rings (SSSR count). The van der Waals surface area contributed by atoms with Crippen LogP contribution in [0.2, 0.25) is 0 Å². The fourth-order valence-corrected chi connectivity index (χ4v) is 1.75. The monoisotopic (exact) mass is 427 g/mol. The average molecular weight is 430 g/mol. The molecule has 0 aliphatic heterocycles. The summed E-state index contributed by atoms with van der Waals surface area (Å²) in [6.07, 6.45) is 0. The van der Waals surface area contributed by atoms with Gasteiger partial charge in [0.2, 0.25) is 0 Å². The fourth-order valence-electron chi connectivity index (χ4n) is 0.956. The highest BCUT2D eigenvalue weighted by molar-refractivity contribution is 9.38. The highest BCUT2D eigenvalue weighted by Gasteiger charge is 2.20. The molecule has 94 valence electrons. The average Bonchev–Trinajstić information content (AvgIpc) is 2.25. The summed E-state index contributed by atoms with van der Waals surface area (Å²) in [6, 6.07) is 7.31. The molecule has 0 atom stereocenters. The van der Waals surface area contributed by atoms with Crippen LogP contribution in [0.5, 0.6) is 0 Å². The van der Waals surface area contributed by atoms with Gasteiger partial charge in [0.05, 0.1) is 5.22 Å². The largest absolute Gasteiger partial charge is 0.696 e. The molecule has 0 aromatic heterocycles. The van der Waals surface area contributed by atoms with Gasteiger partial charge in [-0.2, -0.15) is 4.86 Å². The number of hydrogen-bond donors (Lipinski definition) is 1. The molecule has 17 heavy (non-hydrogen) atoms. The molecule has 0 aliphatic rings. The number of alkyl halides is 3. The van der Waals surface area contributed by atoms with Gasteiger partial charge in [-0.25, -0.2) is 0 Å². The minimum Gasteiger partial charge on any atom is -0.696 e. The van der Waals surface area contributed by atoms with Gasteiger partial charge in [0.15, 0.2) is 2.14 Å². The van der Waals surface area contributed by atoms with Crippen molar-refractivity contribution in [2.24, 2.45) is 5.22 Å². The Morgan fingerprint density at radius 1 is 1.24 bits per heavy atom. The van der Waals surface area contributed by atoms with Gasteiger partial charge in [-0.15, -0.1) is 5.43 Å². The number of benzene rings is 1. The lowest BCUT2D eigenvalue weighted by Gasteiger charge is -2.12. The molecule has 0 unspecified atom stereocenters. The molecule has 1 N–H and O–H groups in total. The Balaban J connectivity index is 2.73. The first-order valence-corrected chi connectivity index (χ1v) is 7.29. The molecule has 1 aromatic rings. The van der Waals surface area contributed by atoms with Crippen LogP contribution in [0.25, 0.3) is 0 Å². The Hall–Kier alpha value is -0.140. The fraction of sp³-hybridized carbons (Fsp3) is 0.400. The maximum atomic E-state index is 11.2. The predicted octanol–water partition coefficient (Wildman–Crippen LogP) is 4.68. The van der Waals surface area contributed by atoms with Gasteiger partial charge in [-0.05, 0) is 31.5 Å². The van der Waals surface area contributed by atoms with Crippen LogP contribution < -0.4 is 5.43 Å². The molecule has 0 fully saturated rings. The first-order chi connectivity index (χ1) is 7.80. The first kappa shape index (κ1) is 14.9. The van der Waals surface area contributed by atoms with E-state index in [2.05, 4.69) is 58.4 Å². The van der Waals surface area contributed by atoms with E-state index in [-0.39, 0.29) is 6.04 Å². The van der Waals surface area contributed by atoms with Gasteiger partial charge in [0.25, 0.3) is 0 Å². The van der Waals surface area contributed by atoms with Gasteiger partial charge >= 0.3 is 0 Å². The number of hydrogen-bond acceptors (Lipinski definition) is 2. The van der Waals surface area contributed by atoms with Crippen LogP contribution in [0, 0.1) is 5.21 Å². The second-order valence-corrected chi connectivity index (χ2v) is 10.4. The smallest absolute Gasteiger partial charge is 0.159 e. The maximum Gasteiger partial charge on any atom is 0.159 e. The van der Waals surface area contributed by atoms with E-state index < -0.39 is 2.14 Å². The molecule has 0 bridgehead atoms. The van der Waals surface area contributed by atoms with Crippen molar-refractivity contribution < 1.29 is 4.86 Å². The second-order valence-electron chi connectivity index (χ2n) is 3.68. The zero-order valence-corrected chi connectivity index (χ0v) is 14.1. The third kappa shape index (κ3) is 4.93. The lowest BCUT2D eigenvalue weighted by atomic mass is 10.2. The lowest BCUT2D eigenvalue weighted by Crippen LogP contribution is -2.13. The molecule has 0 heterocycles. The van der Waals surface area contributed by atoms with Crippen LogP contribution in [0.4, 0.5) is 5.69 Å². The van der Waals surface area contributed by atoms with Crippen molar-refractivity contribution in [1.82, 2.24) is 0 Å². The normalized spacial score (nSPS) is 12.9. The molecular formula is C10H12Br3N3O. The zero-order chi connectivity index (χ0) is 13.1. The van der Waals surface area contributed by atoms with Gasteiger partial charge in [-0.1, -0.05) is 59.9 Å². The topological polar surface area (TPSA) is 50.5 Å². The second kappa shape index (κ2) is 6.15. The first-order valence-electron chi connectivity index (χ1n) is 4.91. The minimum atomic E-state index is -0.425. The van der Waals surface area contributed by atoms with E-state index in [1.54, 1.807) is 13.8 Å². The van der Waals surface area contributed by atoms with E-state index in [4.69, 9.17) is 0 Å². The van der Waals surface area contributed by atoms with Crippen molar-refractivity contribution in [2.75, 3.05) is 5.43 Å². The standard InChI is InChI=1S/C10H12Br3N3O/c1-7(2)16(17)15-14-9-5-3-8(4-6-9)10(11,12)13/h3-7,14H,1-2H3/b16-15-. The highest BCUT2D eigenvalue weighted by atomic mass is 80.0. The van der Waals surface area contributed by atoms with Crippen molar-refractivity contribution in [1.29, 1.82) is 0 Å². The number of rotatable bonds is 3. The van der Waals surface area contributed by atoms with Crippen LogP contribution >= 0.6 is 47.8 Å². The van der Waals surface area contributed by atoms with Gasteiger partial charge in [0, 0.05) is 0 Å². The Morgan fingerprint density at radius 2 is 1.76 bits per heavy atom. The Bertz CT molecular complexity index is 398. The quantitative estimate of drug-likeness (QED) is 0.328. The van der Waals surface area contributed by atoms with E-state index in [1.807, 2.05) is 24.3 Å². The van der Waals surface area contributed by atoms with Gasteiger partial charge in [-0.3, -0.25) is 0 Å². The summed E-state index contributed by atoms with van der Waals surface area (Å²) < 4.78 is -0.425. The molecular weight excluding hydrogens is 418 g/mol. The number of anilines is 1. The molecule has 4 nitrogen and oxygen atoms in total. The molecule has 0 radical (unpaired) electrons. The van der Waals surface area contributed by atoms with E-state index in [0.29, 0.717) is 4.86 Å². The van der Waals surface area contributed by atoms with Crippen LogP contribution in [0.3, 0.4) is 0 Å². The summed E-state index contributed by atoms with van der Waals surface area (Å²) in [7, 11) is 0. The van der Waals surface area contributed by atoms with E-state index in [1.165, 1.54) is 0 Å². The summed E-state index contributed by atoms with van der Waals surface area (Å²) in [4.78, 5) is 0.623. The summed E-state index contributed by atoms with van der Waals surface area (Å²) in [5.41, 5.74) is 4.46. The third-order valence-corrected chi connectivity index (χ3v) is 3.31. The molecule has 0 aliphatic carbocycles. The van der Waals surface area contributed by atoms with Crippen molar-refractivity contribution in [2.45, 2.75) is 22.0 Å². The maximum absolute atomic E-state index is 11.2. The van der Waals surface area contributed by atoms with Crippen molar-refractivity contribution in [3.63, 3.8) is 0 Å². The molecule has 0 saturated heterocycles. The van der Waals surface area contributed by atoms with Crippen molar-refractivity contribution in [3.8, 4) is 0 Å². The molecule has 1 aromatic carbocycles. The Morgan fingerprint density at radius 3 is 2.18 bits per heavy atom. The summed E-state index contributed by atoms with van der Waals surface area (Å²) in [6.45, 7) is 3.55. The number of hydroxylamine groups is 1. The van der Waals surface area contributed by atoms with Crippen LogP contribution in [-0.2, 0) is 2.14 Å². The molecule has 0 amide bonds. The van der Waals surface area contributed by atoms with Gasteiger partial charge < -0.3 is 5.21 Å². The van der Waals surface area contributed by atoms with Crippen molar-refractivity contribution in [3.05, 3.63) is 35.0 Å². The molecule has 0 saturated carbocycles.